The first kappa shape index (κ1) is 18.1. The maximum absolute atomic E-state index is 12.3. The molecule has 2 heterocycles. The number of nitrogens with one attached hydrogen (secondary N) is 1. The molecule has 0 bridgehead atoms. The molecule has 0 aliphatic carbocycles. The van der Waals surface area contributed by atoms with Crippen LogP contribution in [0.4, 0.5) is 4.79 Å². The number of carboxylic acid groups (broad SMARTS) is 1. The monoisotopic (exact) mass is 377 g/mol. The predicted molar refractivity (Wildman–Crippen MR) is 108 cm³/mol. The summed E-state index contributed by atoms with van der Waals surface area (Å²) < 4.78 is 2.24. The Bertz CT molecular complexity index is 1010. The molecule has 0 saturated heterocycles. The highest BCUT2D eigenvalue weighted by molar-refractivity contribution is 5.94. The third-order valence-corrected chi connectivity index (χ3v) is 5.37. The highest BCUT2D eigenvalue weighted by Crippen LogP contribution is 2.29. The van der Waals surface area contributed by atoms with Crippen molar-refractivity contribution in [2.24, 2.45) is 0 Å². The van der Waals surface area contributed by atoms with E-state index >= 15 is 0 Å². The van der Waals surface area contributed by atoms with Crippen molar-refractivity contribution in [3.8, 4) is 0 Å². The van der Waals surface area contributed by atoms with Crippen LogP contribution in [0.15, 0.2) is 54.6 Å². The molecule has 1 aromatic heterocycles. The first-order chi connectivity index (χ1) is 13.6. The largest absolute Gasteiger partial charge is 0.465 e. The summed E-state index contributed by atoms with van der Waals surface area (Å²) in [4.78, 5) is 25.2. The zero-order valence-corrected chi connectivity index (χ0v) is 15.6. The van der Waals surface area contributed by atoms with Gasteiger partial charge >= 0.3 is 6.09 Å². The molecule has 6 nitrogen and oxygen atoms in total. The van der Waals surface area contributed by atoms with E-state index < -0.39 is 6.09 Å². The number of carbonyl (C=O) groups is 2. The molecule has 4 rings (SSSR count). The van der Waals surface area contributed by atoms with E-state index in [1.54, 1.807) is 12.1 Å². The van der Waals surface area contributed by atoms with Crippen molar-refractivity contribution in [1.29, 1.82) is 0 Å². The highest BCUT2D eigenvalue weighted by Gasteiger charge is 2.23. The van der Waals surface area contributed by atoms with Gasteiger partial charge in [-0.25, -0.2) is 4.79 Å². The van der Waals surface area contributed by atoms with E-state index in [0.29, 0.717) is 44.6 Å². The van der Waals surface area contributed by atoms with Crippen molar-refractivity contribution >= 4 is 22.9 Å². The Morgan fingerprint density at radius 1 is 0.964 bits per heavy atom. The molecular weight excluding hydrogens is 354 g/mol. The number of hydrogen-bond donors (Lipinski definition) is 2. The summed E-state index contributed by atoms with van der Waals surface area (Å²) in [6.07, 6.45) is 0.533. The maximum Gasteiger partial charge on any atom is 0.407 e. The third kappa shape index (κ3) is 3.45. The molecule has 28 heavy (non-hydrogen) atoms. The van der Waals surface area contributed by atoms with Gasteiger partial charge in [-0.1, -0.05) is 36.4 Å². The van der Waals surface area contributed by atoms with Crippen LogP contribution in [0.3, 0.4) is 0 Å². The number of carbonyl (C=O) groups excluding carboxylic acids is 1. The lowest BCUT2D eigenvalue weighted by Gasteiger charge is -2.16. The molecule has 0 saturated carbocycles. The minimum Gasteiger partial charge on any atom is -0.465 e. The summed E-state index contributed by atoms with van der Waals surface area (Å²) in [5.74, 6) is -0.0831. The van der Waals surface area contributed by atoms with Crippen LogP contribution in [-0.4, -0.2) is 46.2 Å². The molecule has 2 amide bonds. The van der Waals surface area contributed by atoms with Crippen molar-refractivity contribution in [1.82, 2.24) is 14.8 Å². The Kier molecular flexibility index (Phi) is 5.02. The predicted octanol–water partition coefficient (Wildman–Crippen LogP) is 3.15. The SMILES string of the molecule is O=C(NCCn1c2c(c3ccccc31)CCN(C(=O)O)CC2)c1ccccc1. The summed E-state index contributed by atoms with van der Waals surface area (Å²) in [6.45, 7) is 2.18. The summed E-state index contributed by atoms with van der Waals surface area (Å²) in [6, 6.07) is 17.4. The van der Waals surface area contributed by atoms with Gasteiger partial charge < -0.3 is 19.9 Å². The van der Waals surface area contributed by atoms with E-state index in [9.17, 15) is 14.7 Å². The van der Waals surface area contributed by atoms with Crippen LogP contribution in [0, 0.1) is 0 Å². The Labute approximate surface area is 163 Å². The van der Waals surface area contributed by atoms with Gasteiger partial charge in [-0.2, -0.15) is 0 Å². The van der Waals surface area contributed by atoms with E-state index in [1.807, 2.05) is 30.3 Å². The van der Waals surface area contributed by atoms with Gasteiger partial charge in [-0.15, -0.1) is 0 Å². The Hall–Kier alpha value is -3.28. The van der Waals surface area contributed by atoms with Crippen molar-refractivity contribution in [3.05, 3.63) is 71.4 Å². The zero-order valence-electron chi connectivity index (χ0n) is 15.6. The van der Waals surface area contributed by atoms with Gasteiger partial charge in [0.05, 0.1) is 0 Å². The topological polar surface area (TPSA) is 74.6 Å². The van der Waals surface area contributed by atoms with E-state index in [1.165, 1.54) is 21.5 Å². The van der Waals surface area contributed by atoms with Crippen molar-refractivity contribution in [2.75, 3.05) is 19.6 Å². The molecule has 2 aromatic carbocycles. The molecule has 1 aliphatic rings. The Balaban J connectivity index is 1.56. The van der Waals surface area contributed by atoms with Crippen LogP contribution in [0.25, 0.3) is 10.9 Å². The van der Waals surface area contributed by atoms with Gasteiger partial charge in [0, 0.05) is 54.8 Å². The lowest BCUT2D eigenvalue weighted by molar-refractivity contribution is 0.0952. The van der Waals surface area contributed by atoms with Gasteiger partial charge in [0.2, 0.25) is 0 Å². The molecule has 6 heteroatoms. The van der Waals surface area contributed by atoms with Gasteiger partial charge in [-0.05, 0) is 30.2 Å². The fourth-order valence-electron chi connectivity index (χ4n) is 4.01. The van der Waals surface area contributed by atoms with E-state index in [-0.39, 0.29) is 5.91 Å². The molecule has 0 fully saturated rings. The van der Waals surface area contributed by atoms with Crippen molar-refractivity contribution < 1.29 is 14.7 Å². The molecule has 0 unspecified atom stereocenters. The maximum atomic E-state index is 12.3. The molecule has 1 aliphatic heterocycles. The van der Waals surface area contributed by atoms with Crippen LogP contribution in [0.5, 0.6) is 0 Å². The fourth-order valence-corrected chi connectivity index (χ4v) is 4.01. The second-order valence-electron chi connectivity index (χ2n) is 6.99. The minimum atomic E-state index is -0.865. The first-order valence-electron chi connectivity index (χ1n) is 9.55. The van der Waals surface area contributed by atoms with E-state index in [2.05, 4.69) is 22.0 Å². The molecule has 3 aromatic rings. The number of hydrogen-bond acceptors (Lipinski definition) is 2. The number of rotatable bonds is 4. The first-order valence-corrected chi connectivity index (χ1v) is 9.55. The third-order valence-electron chi connectivity index (χ3n) is 5.37. The standard InChI is InChI=1S/C22H23N3O3/c26-21(16-6-2-1-3-7-16)23-12-15-25-19-9-5-4-8-17(19)18-10-13-24(22(27)28)14-11-20(18)25/h1-9H,10-15H2,(H,23,26)(H,27,28). The number of amides is 2. The second-order valence-corrected chi connectivity index (χ2v) is 6.99. The van der Waals surface area contributed by atoms with Crippen molar-refractivity contribution in [2.45, 2.75) is 19.4 Å². The molecule has 0 radical (unpaired) electrons. The van der Waals surface area contributed by atoms with Crippen LogP contribution in [-0.2, 0) is 19.4 Å². The normalized spacial score (nSPS) is 13.8. The summed E-state index contributed by atoms with van der Waals surface area (Å²) in [7, 11) is 0. The fraction of sp³-hybridized carbons (Fsp3) is 0.273. The molecular formula is C22H23N3O3. The van der Waals surface area contributed by atoms with Crippen LogP contribution in [0.1, 0.15) is 21.6 Å². The highest BCUT2D eigenvalue weighted by atomic mass is 16.4. The summed E-state index contributed by atoms with van der Waals surface area (Å²) >= 11 is 0. The van der Waals surface area contributed by atoms with Gasteiger partial charge in [0.15, 0.2) is 0 Å². The van der Waals surface area contributed by atoms with Crippen LogP contribution in [0.2, 0.25) is 0 Å². The molecule has 0 spiro atoms. The van der Waals surface area contributed by atoms with Gasteiger partial charge in [0.1, 0.15) is 0 Å². The van der Waals surface area contributed by atoms with Crippen molar-refractivity contribution in [3.63, 3.8) is 0 Å². The van der Waals surface area contributed by atoms with Gasteiger partial charge in [-0.3, -0.25) is 4.79 Å². The van der Waals surface area contributed by atoms with Crippen LogP contribution < -0.4 is 5.32 Å². The second kappa shape index (κ2) is 7.76. The molecule has 144 valence electrons. The Morgan fingerprint density at radius 2 is 1.68 bits per heavy atom. The number of benzene rings is 2. The Morgan fingerprint density at radius 3 is 2.46 bits per heavy atom. The van der Waals surface area contributed by atoms with Gasteiger partial charge in [0.25, 0.3) is 5.91 Å². The average molecular weight is 377 g/mol. The zero-order chi connectivity index (χ0) is 19.5. The number of para-hydroxylation sites is 1. The lowest BCUT2D eigenvalue weighted by atomic mass is 10.1. The minimum absolute atomic E-state index is 0.0831. The summed E-state index contributed by atoms with van der Waals surface area (Å²) in [5, 5.41) is 13.5. The molecule has 2 N–H and O–H groups in total. The molecule has 0 atom stereocenters. The quantitative estimate of drug-likeness (QED) is 0.733. The number of fused-ring (bicyclic) bond motifs is 3. The number of aromatic nitrogens is 1. The number of nitrogens with zero attached hydrogens (tertiary/aromatic N) is 2. The van der Waals surface area contributed by atoms with Crippen LogP contribution >= 0.6 is 0 Å². The van der Waals surface area contributed by atoms with E-state index in [4.69, 9.17) is 0 Å². The van der Waals surface area contributed by atoms with E-state index in [0.717, 1.165) is 5.52 Å². The lowest BCUT2D eigenvalue weighted by Crippen LogP contribution is -2.32. The smallest absolute Gasteiger partial charge is 0.407 e. The average Bonchev–Trinajstić information content (AvgIpc) is 2.87. The summed E-state index contributed by atoms with van der Waals surface area (Å²) in [5.41, 5.74) is 4.20.